The van der Waals surface area contributed by atoms with E-state index < -0.39 is 0 Å². The predicted octanol–water partition coefficient (Wildman–Crippen LogP) is 1.29. The maximum absolute atomic E-state index is 6.37. The van der Waals surface area contributed by atoms with Gasteiger partial charge in [0.2, 0.25) is 0 Å². The third-order valence-electron chi connectivity index (χ3n) is 0.144. The SMILES string of the molecule is [C]SCC. The van der Waals surface area contributed by atoms with Crippen LogP contribution in [0.25, 0.3) is 0 Å². The minimum Gasteiger partial charge on any atom is -0.151 e. The molecule has 0 spiro atoms. The van der Waals surface area contributed by atoms with Gasteiger partial charge in [-0.25, -0.2) is 0 Å². The van der Waals surface area contributed by atoms with E-state index in [4.69, 9.17) is 6.26 Å². The van der Waals surface area contributed by atoms with E-state index in [0.717, 1.165) is 17.5 Å². The summed E-state index contributed by atoms with van der Waals surface area (Å²) in [5.41, 5.74) is 0. The first-order valence-electron chi connectivity index (χ1n) is 1.20. The number of rotatable bonds is 1. The highest BCUT2D eigenvalue weighted by Gasteiger charge is 1.57. The molecule has 0 aromatic heterocycles. The van der Waals surface area contributed by atoms with E-state index >= 15 is 0 Å². The molecule has 0 saturated heterocycles. The van der Waals surface area contributed by atoms with Gasteiger partial charge in [-0.05, 0) is 5.75 Å². The summed E-state index contributed by atoms with van der Waals surface area (Å²) in [5.74, 6) is 0.903. The molecule has 0 atom stereocenters. The van der Waals surface area contributed by atoms with Crippen LogP contribution >= 0.6 is 11.8 Å². The van der Waals surface area contributed by atoms with Crippen molar-refractivity contribution in [2.24, 2.45) is 0 Å². The number of hydrogen-bond donors (Lipinski definition) is 0. The summed E-state index contributed by atoms with van der Waals surface area (Å²) < 4.78 is 0. The quantitative estimate of drug-likeness (QED) is 0.450. The van der Waals surface area contributed by atoms with Crippen LogP contribution in [0, 0.1) is 6.26 Å². The first-order chi connectivity index (χ1) is 1.91. The molecule has 0 aromatic rings. The molecule has 0 N–H and O–H groups in total. The van der Waals surface area contributed by atoms with Crippen molar-refractivity contribution in [3.63, 3.8) is 0 Å². The van der Waals surface area contributed by atoms with Gasteiger partial charge in [0.25, 0.3) is 0 Å². The fourth-order valence-electron chi connectivity index (χ4n) is 0. The Morgan fingerprint density at radius 2 is 2.25 bits per heavy atom. The van der Waals surface area contributed by atoms with Crippen LogP contribution in [0.3, 0.4) is 0 Å². The van der Waals surface area contributed by atoms with Crippen molar-refractivity contribution < 1.29 is 0 Å². The van der Waals surface area contributed by atoms with Crippen LogP contribution in [-0.4, -0.2) is 5.75 Å². The standard InChI is InChI=1S/C3H5S/c1-3-4-2/h3H2,1H3. The van der Waals surface area contributed by atoms with Crippen LogP contribution in [0.1, 0.15) is 6.92 Å². The molecule has 0 aliphatic heterocycles. The molecule has 0 amide bonds. The van der Waals surface area contributed by atoms with Crippen molar-refractivity contribution in [1.29, 1.82) is 0 Å². The number of hydrogen-bond acceptors (Lipinski definition) is 1. The Morgan fingerprint density at radius 1 is 2.00 bits per heavy atom. The lowest BCUT2D eigenvalue weighted by Crippen LogP contribution is -1.49. The van der Waals surface area contributed by atoms with Gasteiger partial charge in [-0.15, -0.1) is 0 Å². The Kier molecular flexibility index (Phi) is 3.64. The predicted molar refractivity (Wildman–Crippen MR) is 21.4 cm³/mol. The molecule has 0 fully saturated rings. The average molecular weight is 73.1 g/mol. The molecule has 0 rings (SSSR count). The summed E-state index contributed by atoms with van der Waals surface area (Å²) in [6.07, 6.45) is 6.37. The second kappa shape index (κ2) is 3.35. The molecule has 0 heterocycles. The van der Waals surface area contributed by atoms with E-state index in [-0.39, 0.29) is 0 Å². The van der Waals surface area contributed by atoms with Crippen LogP contribution in [0.2, 0.25) is 0 Å². The Bertz CT molecular complexity index is 5.25. The summed E-state index contributed by atoms with van der Waals surface area (Å²) in [7, 11) is 0. The van der Waals surface area contributed by atoms with Crippen LogP contribution < -0.4 is 0 Å². The van der Waals surface area contributed by atoms with Crippen molar-refractivity contribution in [3.05, 3.63) is 6.26 Å². The molecule has 0 aliphatic rings. The highest BCUT2D eigenvalue weighted by atomic mass is 32.2. The first kappa shape index (κ1) is 4.35. The lowest BCUT2D eigenvalue weighted by Gasteiger charge is -1.68. The van der Waals surface area contributed by atoms with E-state index in [1.54, 1.807) is 0 Å². The normalized spacial score (nSPS) is 7.50. The van der Waals surface area contributed by atoms with Crippen molar-refractivity contribution in [2.45, 2.75) is 6.92 Å². The zero-order valence-electron chi connectivity index (χ0n) is 2.62. The van der Waals surface area contributed by atoms with Crippen molar-refractivity contribution in [3.8, 4) is 0 Å². The lowest BCUT2D eigenvalue weighted by molar-refractivity contribution is 1.54. The Morgan fingerprint density at radius 3 is 2.25 bits per heavy atom. The monoisotopic (exact) mass is 73.0 g/mol. The smallest absolute Gasteiger partial charge is 0.0686 e. The minimum atomic E-state index is 0.903. The largest absolute Gasteiger partial charge is 0.151 e. The fraction of sp³-hybridized carbons (Fsp3) is 0.667. The van der Waals surface area contributed by atoms with Crippen LogP contribution in [0.4, 0.5) is 0 Å². The zero-order valence-corrected chi connectivity index (χ0v) is 3.43. The Labute approximate surface area is 31.6 Å². The molecule has 23 valence electrons. The Balaban J connectivity index is 1.97. The van der Waals surface area contributed by atoms with Gasteiger partial charge in [0.15, 0.2) is 0 Å². The van der Waals surface area contributed by atoms with Crippen LogP contribution in [-0.2, 0) is 0 Å². The van der Waals surface area contributed by atoms with E-state index in [1.165, 1.54) is 0 Å². The third-order valence-corrected chi connectivity index (χ3v) is 0.433. The summed E-state index contributed by atoms with van der Waals surface area (Å²) in [5, 5.41) is 0. The fourth-order valence-corrected chi connectivity index (χ4v) is 0. The van der Waals surface area contributed by atoms with Gasteiger partial charge in [-0.2, -0.15) is 11.8 Å². The Hall–Kier alpha value is 0.350. The van der Waals surface area contributed by atoms with Crippen LogP contribution in [0.5, 0.6) is 0 Å². The second-order valence-corrected chi connectivity index (χ2v) is 1.30. The van der Waals surface area contributed by atoms with Gasteiger partial charge in [-0.3, -0.25) is 0 Å². The topological polar surface area (TPSA) is 0 Å². The molecule has 4 heavy (non-hydrogen) atoms. The summed E-state index contributed by atoms with van der Waals surface area (Å²) in [6, 6.07) is 0. The minimum absolute atomic E-state index is 0.903. The van der Waals surface area contributed by atoms with Gasteiger partial charge in [0.1, 0.15) is 0 Å². The second-order valence-electron chi connectivity index (χ2n) is 0.433. The lowest BCUT2D eigenvalue weighted by atomic mass is 11.0. The molecule has 3 radical (unpaired) electrons. The van der Waals surface area contributed by atoms with E-state index in [0.29, 0.717) is 0 Å². The van der Waals surface area contributed by atoms with E-state index in [2.05, 4.69) is 0 Å². The first-order valence-corrected chi connectivity index (χ1v) is 2.19. The molecule has 0 aliphatic carbocycles. The van der Waals surface area contributed by atoms with Crippen LogP contribution in [0.15, 0.2) is 0 Å². The molecule has 0 saturated carbocycles. The van der Waals surface area contributed by atoms with Crippen molar-refractivity contribution >= 4 is 11.8 Å². The van der Waals surface area contributed by atoms with Gasteiger partial charge in [-0.1, -0.05) is 6.92 Å². The summed E-state index contributed by atoms with van der Waals surface area (Å²) in [6.45, 7) is 1.96. The van der Waals surface area contributed by atoms with E-state index in [1.807, 2.05) is 6.92 Å². The average Bonchev–Trinajstić information content (AvgIpc) is 1.37. The van der Waals surface area contributed by atoms with Gasteiger partial charge in [0, 0.05) is 0 Å². The highest BCUT2D eigenvalue weighted by molar-refractivity contribution is 8.00. The zero-order chi connectivity index (χ0) is 3.41. The molecular weight excluding hydrogens is 68.1 g/mol. The van der Waals surface area contributed by atoms with E-state index in [9.17, 15) is 0 Å². The third kappa shape index (κ3) is 2.35. The highest BCUT2D eigenvalue weighted by Crippen LogP contribution is 1.87. The molecule has 0 aromatic carbocycles. The molecule has 0 bridgehead atoms. The van der Waals surface area contributed by atoms with Gasteiger partial charge >= 0.3 is 0 Å². The number of thioether (sulfide) groups is 1. The van der Waals surface area contributed by atoms with Gasteiger partial charge < -0.3 is 0 Å². The molecular formula is C3H5S. The summed E-state index contributed by atoms with van der Waals surface area (Å²) >= 11 is 1.11. The van der Waals surface area contributed by atoms with Crippen molar-refractivity contribution in [1.82, 2.24) is 0 Å². The maximum atomic E-state index is 6.37. The van der Waals surface area contributed by atoms with Crippen molar-refractivity contribution in [2.75, 3.05) is 5.75 Å². The molecule has 0 unspecified atom stereocenters. The summed E-state index contributed by atoms with van der Waals surface area (Å²) in [4.78, 5) is 0. The maximum Gasteiger partial charge on any atom is 0.0686 e. The van der Waals surface area contributed by atoms with Gasteiger partial charge in [0.05, 0.1) is 6.26 Å². The molecule has 1 heteroatoms. The molecule has 0 nitrogen and oxygen atoms in total.